The Kier molecular flexibility index (Phi) is 2.85. The molecule has 0 atom stereocenters. The van der Waals surface area contributed by atoms with Gasteiger partial charge in [0, 0.05) is 24.0 Å². The molecule has 1 aliphatic heterocycles. The Balaban J connectivity index is 2.39. The zero-order chi connectivity index (χ0) is 9.97. The number of nitrogens with zero attached hydrogens (tertiary/aromatic N) is 1. The Morgan fingerprint density at radius 2 is 2.36 bits per heavy atom. The average Bonchev–Trinajstić information content (AvgIpc) is 2.23. The van der Waals surface area contributed by atoms with Gasteiger partial charge in [0.2, 0.25) is 0 Å². The SMILES string of the molecule is Cc1ncc(Cl)cc1C1=CCNCC1. The van der Waals surface area contributed by atoms with Crippen molar-refractivity contribution in [3.63, 3.8) is 0 Å². The molecule has 0 aliphatic carbocycles. The van der Waals surface area contributed by atoms with Crippen LogP contribution in [0.15, 0.2) is 18.3 Å². The maximum atomic E-state index is 5.93. The molecule has 1 N–H and O–H groups in total. The average molecular weight is 209 g/mol. The molecule has 0 saturated carbocycles. The zero-order valence-corrected chi connectivity index (χ0v) is 8.93. The van der Waals surface area contributed by atoms with Gasteiger partial charge >= 0.3 is 0 Å². The molecular formula is C11H13ClN2. The van der Waals surface area contributed by atoms with Crippen LogP contribution in [-0.2, 0) is 0 Å². The second-order valence-electron chi connectivity index (χ2n) is 3.47. The summed E-state index contributed by atoms with van der Waals surface area (Å²) in [5.74, 6) is 0. The van der Waals surface area contributed by atoms with Crippen LogP contribution in [0.2, 0.25) is 5.02 Å². The van der Waals surface area contributed by atoms with Gasteiger partial charge in [0.05, 0.1) is 5.02 Å². The first-order valence-electron chi connectivity index (χ1n) is 4.79. The summed E-state index contributed by atoms with van der Waals surface area (Å²) in [5.41, 5.74) is 3.61. The molecule has 14 heavy (non-hydrogen) atoms. The Bertz CT molecular complexity index is 372. The molecule has 0 saturated heterocycles. The Labute approximate surface area is 89.0 Å². The van der Waals surface area contributed by atoms with Crippen LogP contribution in [0.25, 0.3) is 5.57 Å². The van der Waals surface area contributed by atoms with E-state index in [-0.39, 0.29) is 0 Å². The van der Waals surface area contributed by atoms with E-state index >= 15 is 0 Å². The second-order valence-corrected chi connectivity index (χ2v) is 3.91. The van der Waals surface area contributed by atoms with Gasteiger partial charge in [0.25, 0.3) is 0 Å². The molecule has 2 rings (SSSR count). The smallest absolute Gasteiger partial charge is 0.0595 e. The van der Waals surface area contributed by atoms with Crippen LogP contribution >= 0.6 is 11.6 Å². The molecule has 0 bridgehead atoms. The van der Waals surface area contributed by atoms with E-state index in [0.717, 1.165) is 25.2 Å². The number of nitrogens with one attached hydrogen (secondary N) is 1. The van der Waals surface area contributed by atoms with E-state index in [1.54, 1.807) is 6.20 Å². The van der Waals surface area contributed by atoms with E-state index in [9.17, 15) is 0 Å². The molecule has 1 aromatic rings. The van der Waals surface area contributed by atoms with E-state index < -0.39 is 0 Å². The number of hydrogen-bond acceptors (Lipinski definition) is 2. The summed E-state index contributed by atoms with van der Waals surface area (Å²) in [7, 11) is 0. The summed E-state index contributed by atoms with van der Waals surface area (Å²) < 4.78 is 0. The summed E-state index contributed by atoms with van der Waals surface area (Å²) in [4.78, 5) is 4.26. The number of rotatable bonds is 1. The van der Waals surface area contributed by atoms with Crippen LogP contribution in [0, 0.1) is 6.92 Å². The fourth-order valence-corrected chi connectivity index (χ4v) is 1.86. The van der Waals surface area contributed by atoms with Crippen molar-refractivity contribution in [3.8, 4) is 0 Å². The molecule has 2 nitrogen and oxygen atoms in total. The first-order valence-corrected chi connectivity index (χ1v) is 5.17. The quantitative estimate of drug-likeness (QED) is 0.767. The van der Waals surface area contributed by atoms with Crippen LogP contribution in [0.1, 0.15) is 17.7 Å². The zero-order valence-electron chi connectivity index (χ0n) is 8.18. The van der Waals surface area contributed by atoms with Crippen molar-refractivity contribution in [3.05, 3.63) is 34.6 Å². The van der Waals surface area contributed by atoms with Crippen molar-refractivity contribution in [2.24, 2.45) is 0 Å². The molecule has 1 aliphatic rings. The van der Waals surface area contributed by atoms with E-state index in [1.165, 1.54) is 11.1 Å². The number of hydrogen-bond donors (Lipinski definition) is 1. The predicted molar refractivity (Wildman–Crippen MR) is 59.4 cm³/mol. The van der Waals surface area contributed by atoms with Crippen molar-refractivity contribution in [1.82, 2.24) is 10.3 Å². The second kappa shape index (κ2) is 4.11. The van der Waals surface area contributed by atoms with Gasteiger partial charge in [0.15, 0.2) is 0 Å². The topological polar surface area (TPSA) is 24.9 Å². The highest BCUT2D eigenvalue weighted by atomic mass is 35.5. The first-order chi connectivity index (χ1) is 6.77. The van der Waals surface area contributed by atoms with Gasteiger partial charge in [-0.25, -0.2) is 0 Å². The summed E-state index contributed by atoms with van der Waals surface area (Å²) >= 11 is 5.93. The molecule has 0 unspecified atom stereocenters. The Hall–Kier alpha value is -0.860. The minimum absolute atomic E-state index is 0.713. The predicted octanol–water partition coefficient (Wildman–Crippen LogP) is 2.42. The molecule has 0 amide bonds. The van der Waals surface area contributed by atoms with Crippen LogP contribution in [0.5, 0.6) is 0 Å². The third-order valence-corrected chi connectivity index (χ3v) is 2.67. The third-order valence-electron chi connectivity index (χ3n) is 2.46. The van der Waals surface area contributed by atoms with Gasteiger partial charge in [-0.05, 0) is 31.5 Å². The van der Waals surface area contributed by atoms with E-state index in [4.69, 9.17) is 11.6 Å². The molecule has 1 aromatic heterocycles. The number of pyridine rings is 1. The molecule has 74 valence electrons. The van der Waals surface area contributed by atoms with Crippen molar-refractivity contribution in [1.29, 1.82) is 0 Å². The lowest BCUT2D eigenvalue weighted by atomic mass is 9.99. The standard InChI is InChI=1S/C11H13ClN2/c1-8-11(6-10(12)7-14-8)9-2-4-13-5-3-9/h2,6-7,13H,3-5H2,1H3. The van der Waals surface area contributed by atoms with Crippen LogP contribution in [0.4, 0.5) is 0 Å². The van der Waals surface area contributed by atoms with E-state index in [0.29, 0.717) is 5.02 Å². The summed E-state index contributed by atoms with van der Waals surface area (Å²) in [6.07, 6.45) is 4.97. The lowest BCUT2D eigenvalue weighted by Crippen LogP contribution is -2.20. The molecule has 0 spiro atoms. The Morgan fingerprint density at radius 1 is 1.50 bits per heavy atom. The highest BCUT2D eigenvalue weighted by molar-refractivity contribution is 6.30. The van der Waals surface area contributed by atoms with Crippen molar-refractivity contribution in [2.45, 2.75) is 13.3 Å². The molecule has 0 radical (unpaired) electrons. The molecule has 0 aromatic carbocycles. The normalized spacial score (nSPS) is 16.6. The molecule has 0 fully saturated rings. The number of aromatic nitrogens is 1. The van der Waals surface area contributed by atoms with Crippen molar-refractivity contribution >= 4 is 17.2 Å². The first kappa shape index (κ1) is 9.69. The van der Waals surface area contributed by atoms with Gasteiger partial charge in [-0.2, -0.15) is 0 Å². The molecule has 2 heterocycles. The highest BCUT2D eigenvalue weighted by Crippen LogP contribution is 2.24. The van der Waals surface area contributed by atoms with Gasteiger partial charge in [-0.15, -0.1) is 0 Å². The lowest BCUT2D eigenvalue weighted by molar-refractivity contribution is 0.738. The van der Waals surface area contributed by atoms with Crippen LogP contribution < -0.4 is 5.32 Å². The van der Waals surface area contributed by atoms with Crippen molar-refractivity contribution in [2.75, 3.05) is 13.1 Å². The number of aryl methyl sites for hydroxylation is 1. The minimum atomic E-state index is 0.713. The minimum Gasteiger partial charge on any atom is -0.313 e. The van der Waals surface area contributed by atoms with Gasteiger partial charge in [-0.3, -0.25) is 4.98 Å². The van der Waals surface area contributed by atoms with Crippen LogP contribution in [0.3, 0.4) is 0 Å². The number of halogens is 1. The highest BCUT2D eigenvalue weighted by Gasteiger charge is 2.09. The summed E-state index contributed by atoms with van der Waals surface area (Å²) in [6, 6.07) is 2.00. The van der Waals surface area contributed by atoms with Gasteiger partial charge in [-0.1, -0.05) is 17.7 Å². The van der Waals surface area contributed by atoms with E-state index in [1.807, 2.05) is 13.0 Å². The summed E-state index contributed by atoms with van der Waals surface area (Å²) in [5, 5.41) is 4.00. The van der Waals surface area contributed by atoms with Gasteiger partial charge in [0.1, 0.15) is 0 Å². The largest absolute Gasteiger partial charge is 0.313 e. The maximum absolute atomic E-state index is 5.93. The maximum Gasteiger partial charge on any atom is 0.0595 e. The van der Waals surface area contributed by atoms with Gasteiger partial charge < -0.3 is 5.32 Å². The monoisotopic (exact) mass is 208 g/mol. The Morgan fingerprint density at radius 3 is 3.07 bits per heavy atom. The molecular weight excluding hydrogens is 196 g/mol. The lowest BCUT2D eigenvalue weighted by Gasteiger charge is -2.15. The third kappa shape index (κ3) is 1.97. The molecule has 3 heteroatoms. The van der Waals surface area contributed by atoms with Crippen LogP contribution in [-0.4, -0.2) is 18.1 Å². The summed E-state index contributed by atoms with van der Waals surface area (Å²) in [6.45, 7) is 4.01. The fraction of sp³-hybridized carbons (Fsp3) is 0.364. The van der Waals surface area contributed by atoms with E-state index in [2.05, 4.69) is 16.4 Å². The van der Waals surface area contributed by atoms with Crippen molar-refractivity contribution < 1.29 is 0 Å². The fourth-order valence-electron chi connectivity index (χ4n) is 1.70.